The zero-order valence-corrected chi connectivity index (χ0v) is 24.2. The largest absolute Gasteiger partial charge is 0.444 e. The Labute approximate surface area is 232 Å². The molecule has 2 aromatic carbocycles. The van der Waals surface area contributed by atoms with Crippen molar-refractivity contribution in [2.24, 2.45) is 0 Å². The molecule has 8 heteroatoms. The van der Waals surface area contributed by atoms with Crippen molar-refractivity contribution >= 4 is 36.2 Å². The number of aryl methyl sites for hydroxylation is 2. The predicted octanol–water partition coefficient (Wildman–Crippen LogP) is 5.41. The number of nitrogens with one attached hydrogen (secondary N) is 2. The minimum atomic E-state index is -1.06. The van der Waals surface area contributed by atoms with E-state index < -0.39 is 35.6 Å². The number of hydrogen-bond donors (Lipinski definition) is 3. The van der Waals surface area contributed by atoms with Gasteiger partial charge in [0.1, 0.15) is 17.7 Å². The Morgan fingerprint density at radius 1 is 1.08 bits per heavy atom. The fourth-order valence-corrected chi connectivity index (χ4v) is 4.35. The predicted molar refractivity (Wildman–Crippen MR) is 155 cm³/mol. The van der Waals surface area contributed by atoms with Crippen LogP contribution in [0.4, 0.5) is 10.5 Å². The maximum absolute atomic E-state index is 14.1. The normalized spacial score (nSPS) is 13.4. The van der Waals surface area contributed by atoms with Gasteiger partial charge >= 0.3 is 6.09 Å². The molecule has 204 valence electrons. The molecule has 7 nitrogen and oxygen atoms in total. The van der Waals surface area contributed by atoms with Gasteiger partial charge in [-0.15, -0.1) is 6.42 Å². The van der Waals surface area contributed by atoms with E-state index in [0.717, 1.165) is 11.1 Å². The van der Waals surface area contributed by atoms with Crippen LogP contribution in [0.3, 0.4) is 0 Å². The molecule has 2 N–H and O–H groups in total. The quantitative estimate of drug-likeness (QED) is 0.295. The summed E-state index contributed by atoms with van der Waals surface area (Å²) in [7, 11) is 0. The molecule has 0 radical (unpaired) electrons. The van der Waals surface area contributed by atoms with Crippen LogP contribution < -0.4 is 10.6 Å². The van der Waals surface area contributed by atoms with E-state index in [9.17, 15) is 14.4 Å². The van der Waals surface area contributed by atoms with Crippen LogP contribution in [0, 0.1) is 26.2 Å². The Morgan fingerprint density at radius 2 is 1.68 bits per heavy atom. The summed E-state index contributed by atoms with van der Waals surface area (Å²) in [6.45, 7) is 12.8. The highest BCUT2D eigenvalue weighted by Gasteiger charge is 2.39. The van der Waals surface area contributed by atoms with Crippen molar-refractivity contribution in [3.63, 3.8) is 0 Å². The second kappa shape index (κ2) is 13.4. The van der Waals surface area contributed by atoms with Gasteiger partial charge in [-0.3, -0.25) is 9.59 Å². The van der Waals surface area contributed by atoms with Crippen LogP contribution in [-0.2, 0) is 14.3 Å². The molecule has 3 atom stereocenters. The summed E-state index contributed by atoms with van der Waals surface area (Å²) in [5, 5.41) is 5.66. The van der Waals surface area contributed by atoms with E-state index >= 15 is 0 Å². The monoisotopic (exact) mass is 537 g/mol. The second-order valence-corrected chi connectivity index (χ2v) is 10.6. The number of amides is 3. The van der Waals surface area contributed by atoms with Gasteiger partial charge in [-0.2, -0.15) is 12.6 Å². The summed E-state index contributed by atoms with van der Waals surface area (Å²) in [6.07, 6.45) is 5.63. The van der Waals surface area contributed by atoms with Crippen LogP contribution in [0.2, 0.25) is 0 Å². The molecular formula is C30H39N3O4S. The maximum atomic E-state index is 14.1. The summed E-state index contributed by atoms with van der Waals surface area (Å²) < 4.78 is 5.36. The van der Waals surface area contributed by atoms with E-state index in [1.807, 2.05) is 45.9 Å². The third-order valence-corrected chi connectivity index (χ3v) is 6.52. The number of nitrogens with zero attached hydrogens (tertiary/aromatic N) is 1. The number of benzene rings is 2. The molecule has 0 spiro atoms. The van der Waals surface area contributed by atoms with Crippen LogP contribution in [-0.4, -0.2) is 46.2 Å². The topological polar surface area (TPSA) is 87.7 Å². The summed E-state index contributed by atoms with van der Waals surface area (Å²) >= 11 is 4.34. The smallest absolute Gasteiger partial charge is 0.408 e. The number of thiol groups is 1. The van der Waals surface area contributed by atoms with E-state index in [2.05, 4.69) is 29.2 Å². The van der Waals surface area contributed by atoms with E-state index in [4.69, 9.17) is 11.2 Å². The molecular weight excluding hydrogens is 498 g/mol. The molecule has 0 aliphatic carbocycles. The van der Waals surface area contributed by atoms with Crippen LogP contribution in [0.5, 0.6) is 0 Å². The number of alkyl carbamates (subject to hydrolysis) is 1. The lowest BCUT2D eigenvalue weighted by atomic mass is 9.95. The molecule has 0 bridgehead atoms. The third kappa shape index (κ3) is 7.78. The number of rotatable bonds is 9. The highest BCUT2D eigenvalue weighted by atomic mass is 32.1. The first kappa shape index (κ1) is 30.8. The number of ether oxygens (including phenoxy) is 1. The Kier molecular flexibility index (Phi) is 10.8. The standard InChI is InChI=1S/C30H39N3O4S/c1-9-21(5)33(28(35)24(18-38)31-29(36)37-30(6,7)8)26(23-17-12-11-16-22(23)10-2)27(34)32-25-19(3)14-13-15-20(25)4/h2,11-17,21,24,26,38H,9,18H2,1,3-8H3,(H,31,36)(H,32,34). The number of carbonyl (C=O) groups excluding carboxylic acids is 3. The van der Waals surface area contributed by atoms with Gasteiger partial charge in [0.25, 0.3) is 5.91 Å². The molecule has 0 heterocycles. The van der Waals surface area contributed by atoms with Crippen molar-refractivity contribution in [2.75, 3.05) is 11.1 Å². The molecule has 0 aliphatic rings. The zero-order chi connectivity index (χ0) is 28.6. The van der Waals surface area contributed by atoms with E-state index in [1.54, 1.807) is 45.0 Å². The summed E-state index contributed by atoms with van der Waals surface area (Å²) in [5.41, 5.74) is 2.73. The van der Waals surface area contributed by atoms with Gasteiger partial charge in [-0.1, -0.05) is 49.2 Å². The lowest BCUT2D eigenvalue weighted by Crippen LogP contribution is -2.55. The minimum absolute atomic E-state index is 0.00698. The molecule has 0 fully saturated rings. The average molecular weight is 538 g/mol. The Balaban J connectivity index is 2.62. The molecule has 3 unspecified atom stereocenters. The van der Waals surface area contributed by atoms with Gasteiger partial charge in [-0.05, 0) is 70.7 Å². The Bertz CT molecular complexity index is 1180. The molecule has 0 aromatic heterocycles. The number of hydrogen-bond acceptors (Lipinski definition) is 5. The number of terminal acetylenes is 1. The SMILES string of the molecule is C#Cc1ccccc1C(C(=O)Nc1c(C)cccc1C)N(C(=O)C(CS)NC(=O)OC(C)(C)C)C(C)CC. The fraction of sp³-hybridized carbons (Fsp3) is 0.433. The molecule has 38 heavy (non-hydrogen) atoms. The lowest BCUT2D eigenvalue weighted by molar-refractivity contribution is -0.142. The zero-order valence-electron chi connectivity index (χ0n) is 23.3. The van der Waals surface area contributed by atoms with Crippen molar-refractivity contribution in [1.82, 2.24) is 10.2 Å². The van der Waals surface area contributed by atoms with Crippen molar-refractivity contribution in [2.45, 2.75) is 78.6 Å². The van der Waals surface area contributed by atoms with Crippen molar-refractivity contribution in [3.8, 4) is 12.3 Å². The van der Waals surface area contributed by atoms with Gasteiger partial charge in [-0.25, -0.2) is 4.79 Å². The molecule has 2 aromatic rings. The summed E-state index contributed by atoms with van der Waals surface area (Å²) in [5.74, 6) is 1.78. The van der Waals surface area contributed by atoms with E-state index in [0.29, 0.717) is 23.2 Å². The first-order chi connectivity index (χ1) is 17.8. The van der Waals surface area contributed by atoms with Gasteiger partial charge in [0.2, 0.25) is 5.91 Å². The maximum Gasteiger partial charge on any atom is 0.408 e. The van der Waals surface area contributed by atoms with Crippen LogP contribution in [0.15, 0.2) is 42.5 Å². The molecule has 0 aliphatic heterocycles. The van der Waals surface area contributed by atoms with Crippen LogP contribution >= 0.6 is 12.6 Å². The first-order valence-electron chi connectivity index (χ1n) is 12.7. The summed E-state index contributed by atoms with van der Waals surface area (Å²) in [4.78, 5) is 42.2. The number of para-hydroxylation sites is 1. The van der Waals surface area contributed by atoms with E-state index in [-0.39, 0.29) is 11.8 Å². The third-order valence-electron chi connectivity index (χ3n) is 6.16. The van der Waals surface area contributed by atoms with Crippen LogP contribution in [0.1, 0.15) is 69.3 Å². The van der Waals surface area contributed by atoms with Crippen molar-refractivity contribution in [3.05, 3.63) is 64.7 Å². The second-order valence-electron chi connectivity index (χ2n) is 10.3. The van der Waals surface area contributed by atoms with Crippen LogP contribution in [0.25, 0.3) is 0 Å². The number of carbonyl (C=O) groups is 3. The fourth-order valence-electron chi connectivity index (χ4n) is 4.10. The van der Waals surface area contributed by atoms with Gasteiger partial charge < -0.3 is 20.3 Å². The molecule has 2 rings (SSSR count). The highest BCUT2D eigenvalue weighted by molar-refractivity contribution is 7.80. The van der Waals surface area contributed by atoms with Gasteiger partial charge in [0, 0.05) is 23.0 Å². The average Bonchev–Trinajstić information content (AvgIpc) is 2.86. The van der Waals surface area contributed by atoms with Crippen molar-refractivity contribution in [1.29, 1.82) is 0 Å². The molecule has 3 amide bonds. The molecule has 0 saturated carbocycles. The molecule has 0 saturated heterocycles. The Hall–Kier alpha value is -3.44. The lowest BCUT2D eigenvalue weighted by Gasteiger charge is -2.38. The minimum Gasteiger partial charge on any atom is -0.444 e. The Morgan fingerprint density at radius 3 is 2.21 bits per heavy atom. The van der Waals surface area contributed by atoms with Gasteiger partial charge in [0.15, 0.2) is 0 Å². The number of anilines is 1. The van der Waals surface area contributed by atoms with Gasteiger partial charge in [0.05, 0.1) is 0 Å². The highest BCUT2D eigenvalue weighted by Crippen LogP contribution is 2.31. The summed E-state index contributed by atoms with van der Waals surface area (Å²) in [6, 6.07) is 10.3. The van der Waals surface area contributed by atoms with Crippen molar-refractivity contribution < 1.29 is 19.1 Å². The first-order valence-corrected chi connectivity index (χ1v) is 13.3. The van der Waals surface area contributed by atoms with E-state index in [1.165, 1.54) is 4.90 Å².